The third-order valence-corrected chi connectivity index (χ3v) is 2.30. The fourth-order valence-electron chi connectivity index (χ4n) is 0.680. The smallest absolute Gasteiger partial charge is 0.226 e. The Hall–Kier alpha value is -0.0900. The van der Waals surface area contributed by atoms with Crippen molar-refractivity contribution in [2.75, 3.05) is 0 Å². The van der Waals surface area contributed by atoms with Gasteiger partial charge in [-0.3, -0.25) is 4.79 Å². The Morgan fingerprint density at radius 2 is 2.56 bits per heavy atom. The normalized spacial score (nSPS) is 27.9. The molecule has 1 heterocycles. The number of carbonyl (C=O) groups excluding carboxylic acids is 1. The Bertz CT molecular complexity index is 141. The molecule has 0 saturated carbocycles. The average molecular weight is 161 g/mol. The highest BCUT2D eigenvalue weighted by molar-refractivity contribution is 8.23. The number of thioether (sulfide) groups is 1. The molecule has 0 aromatic rings. The molecule has 0 radical (unpaired) electrons. The van der Waals surface area contributed by atoms with Crippen LogP contribution in [0.15, 0.2) is 0 Å². The van der Waals surface area contributed by atoms with Crippen LogP contribution in [0.4, 0.5) is 0 Å². The van der Waals surface area contributed by atoms with Crippen LogP contribution in [0.5, 0.6) is 0 Å². The number of amides is 1. The lowest BCUT2D eigenvalue weighted by Gasteiger charge is -2.17. The van der Waals surface area contributed by atoms with Crippen molar-refractivity contribution in [1.29, 1.82) is 0 Å². The maximum Gasteiger partial charge on any atom is 0.226 e. The van der Waals surface area contributed by atoms with E-state index in [1.165, 1.54) is 0 Å². The zero-order valence-corrected chi connectivity index (χ0v) is 6.64. The summed E-state index contributed by atoms with van der Waals surface area (Å²) in [6.45, 7) is 2.00. The van der Waals surface area contributed by atoms with E-state index in [1.54, 1.807) is 11.8 Å². The van der Waals surface area contributed by atoms with Crippen LogP contribution < -0.4 is 5.32 Å². The Morgan fingerprint density at radius 3 is 3.00 bits per heavy atom. The number of hydrogen-bond acceptors (Lipinski definition) is 3. The lowest BCUT2D eigenvalue weighted by molar-refractivity contribution is -0.119. The molecule has 0 aromatic heterocycles. The predicted molar refractivity (Wildman–Crippen MR) is 42.4 cm³/mol. The summed E-state index contributed by atoms with van der Waals surface area (Å²) in [5.74, 6) is 0.0475. The SMILES string of the molecule is CC1CC(=O)NC(=S)S1. The predicted octanol–water partition coefficient (Wildman–Crippen LogP) is 0.913. The lowest BCUT2D eigenvalue weighted by Crippen LogP contribution is -2.34. The van der Waals surface area contributed by atoms with E-state index in [-0.39, 0.29) is 5.91 Å². The van der Waals surface area contributed by atoms with Gasteiger partial charge in [0.25, 0.3) is 0 Å². The summed E-state index contributed by atoms with van der Waals surface area (Å²) in [7, 11) is 0. The Labute approximate surface area is 63.4 Å². The number of rotatable bonds is 0. The van der Waals surface area contributed by atoms with Gasteiger partial charge < -0.3 is 5.32 Å². The van der Waals surface area contributed by atoms with Crippen molar-refractivity contribution in [2.24, 2.45) is 0 Å². The molecule has 1 amide bonds. The van der Waals surface area contributed by atoms with Crippen LogP contribution in [0.25, 0.3) is 0 Å². The molecule has 0 spiro atoms. The van der Waals surface area contributed by atoms with Gasteiger partial charge in [-0.05, 0) is 0 Å². The quantitative estimate of drug-likeness (QED) is 0.535. The molecular formula is C5H7NOS2. The van der Waals surface area contributed by atoms with Crippen LogP contribution in [0, 0.1) is 0 Å². The molecule has 0 aromatic carbocycles. The van der Waals surface area contributed by atoms with Crippen molar-refractivity contribution < 1.29 is 4.79 Å². The van der Waals surface area contributed by atoms with Crippen molar-refractivity contribution in [3.63, 3.8) is 0 Å². The molecule has 1 rings (SSSR count). The molecule has 1 fully saturated rings. The molecule has 1 atom stereocenters. The first-order valence-corrected chi connectivity index (χ1v) is 3.98. The zero-order valence-electron chi connectivity index (χ0n) is 5.01. The number of carbonyl (C=O) groups is 1. The third-order valence-electron chi connectivity index (χ3n) is 1.02. The van der Waals surface area contributed by atoms with Crippen LogP contribution in [0.1, 0.15) is 13.3 Å². The van der Waals surface area contributed by atoms with Gasteiger partial charge in [-0.2, -0.15) is 0 Å². The molecule has 0 aliphatic carbocycles. The van der Waals surface area contributed by atoms with Crippen LogP contribution in [0.2, 0.25) is 0 Å². The van der Waals surface area contributed by atoms with Crippen LogP contribution >= 0.6 is 24.0 Å². The van der Waals surface area contributed by atoms with Gasteiger partial charge in [-0.1, -0.05) is 30.9 Å². The fourth-order valence-corrected chi connectivity index (χ4v) is 2.06. The number of thiocarbonyl (C=S) groups is 1. The minimum absolute atomic E-state index is 0.0475. The van der Waals surface area contributed by atoms with E-state index in [9.17, 15) is 4.79 Å². The first kappa shape index (κ1) is 7.02. The highest BCUT2D eigenvalue weighted by Crippen LogP contribution is 2.18. The van der Waals surface area contributed by atoms with Gasteiger partial charge in [0.1, 0.15) is 4.32 Å². The Morgan fingerprint density at radius 1 is 1.89 bits per heavy atom. The Kier molecular flexibility index (Phi) is 2.08. The van der Waals surface area contributed by atoms with Crippen LogP contribution in [0.3, 0.4) is 0 Å². The zero-order chi connectivity index (χ0) is 6.85. The van der Waals surface area contributed by atoms with E-state index in [0.29, 0.717) is 16.0 Å². The molecule has 1 aliphatic rings. The van der Waals surface area contributed by atoms with Crippen LogP contribution in [-0.4, -0.2) is 15.5 Å². The van der Waals surface area contributed by atoms with Gasteiger partial charge in [0.05, 0.1) is 0 Å². The standard InChI is InChI=1S/C5H7NOS2/c1-3-2-4(7)6-5(8)9-3/h3H,2H2,1H3,(H,6,7,8). The molecule has 50 valence electrons. The monoisotopic (exact) mass is 161 g/mol. The first-order valence-electron chi connectivity index (χ1n) is 2.69. The van der Waals surface area contributed by atoms with Crippen molar-refractivity contribution in [2.45, 2.75) is 18.6 Å². The maximum atomic E-state index is 10.7. The fraction of sp³-hybridized carbons (Fsp3) is 0.600. The minimum Gasteiger partial charge on any atom is -0.312 e. The molecule has 0 bridgehead atoms. The molecule has 2 nitrogen and oxygen atoms in total. The minimum atomic E-state index is 0.0475. The van der Waals surface area contributed by atoms with Gasteiger partial charge in [-0.15, -0.1) is 0 Å². The highest BCUT2D eigenvalue weighted by Gasteiger charge is 2.18. The number of nitrogens with one attached hydrogen (secondary N) is 1. The van der Waals surface area contributed by atoms with Crippen molar-refractivity contribution >= 4 is 34.2 Å². The van der Waals surface area contributed by atoms with Crippen LogP contribution in [-0.2, 0) is 4.79 Å². The summed E-state index contributed by atoms with van der Waals surface area (Å²) in [4.78, 5) is 10.7. The summed E-state index contributed by atoms with van der Waals surface area (Å²) in [6.07, 6.45) is 0.588. The van der Waals surface area contributed by atoms with Gasteiger partial charge in [-0.25, -0.2) is 0 Å². The molecule has 1 aliphatic heterocycles. The highest BCUT2D eigenvalue weighted by atomic mass is 32.2. The molecule has 1 saturated heterocycles. The molecule has 1 unspecified atom stereocenters. The lowest BCUT2D eigenvalue weighted by atomic mass is 10.3. The van der Waals surface area contributed by atoms with E-state index in [2.05, 4.69) is 5.32 Å². The van der Waals surface area contributed by atoms with Gasteiger partial charge in [0.2, 0.25) is 5.91 Å². The molecule has 9 heavy (non-hydrogen) atoms. The number of hydrogen-bond donors (Lipinski definition) is 1. The largest absolute Gasteiger partial charge is 0.312 e. The van der Waals surface area contributed by atoms with Crippen molar-refractivity contribution in [3.05, 3.63) is 0 Å². The van der Waals surface area contributed by atoms with E-state index < -0.39 is 0 Å². The second-order valence-electron chi connectivity index (χ2n) is 1.97. The second-order valence-corrected chi connectivity index (χ2v) is 4.08. The van der Waals surface area contributed by atoms with Crippen molar-refractivity contribution in [1.82, 2.24) is 5.32 Å². The van der Waals surface area contributed by atoms with Crippen molar-refractivity contribution in [3.8, 4) is 0 Å². The van der Waals surface area contributed by atoms with E-state index >= 15 is 0 Å². The maximum absolute atomic E-state index is 10.7. The summed E-state index contributed by atoms with van der Waals surface area (Å²) < 4.78 is 0.610. The van der Waals surface area contributed by atoms with Gasteiger partial charge in [0, 0.05) is 11.7 Å². The summed E-state index contributed by atoms with van der Waals surface area (Å²) >= 11 is 6.34. The summed E-state index contributed by atoms with van der Waals surface area (Å²) in [6, 6.07) is 0. The van der Waals surface area contributed by atoms with E-state index in [1.807, 2.05) is 6.92 Å². The summed E-state index contributed by atoms with van der Waals surface area (Å²) in [5, 5.41) is 2.92. The molecule has 4 heteroatoms. The molecular weight excluding hydrogens is 154 g/mol. The topological polar surface area (TPSA) is 29.1 Å². The molecule has 1 N–H and O–H groups in total. The second kappa shape index (κ2) is 2.66. The van der Waals surface area contributed by atoms with Gasteiger partial charge in [0.15, 0.2) is 0 Å². The Balaban J connectivity index is 2.53. The summed E-state index contributed by atoms with van der Waals surface area (Å²) in [5.41, 5.74) is 0. The van der Waals surface area contributed by atoms with E-state index in [0.717, 1.165) is 0 Å². The van der Waals surface area contributed by atoms with Gasteiger partial charge >= 0.3 is 0 Å². The van der Waals surface area contributed by atoms with E-state index in [4.69, 9.17) is 12.2 Å². The average Bonchev–Trinajstić information content (AvgIpc) is 1.59. The first-order chi connectivity index (χ1) is 4.18. The third kappa shape index (κ3) is 1.95.